The number of aliphatic hydroxyl groups excluding tert-OH is 1. The van der Waals surface area contributed by atoms with E-state index in [9.17, 15) is 9.90 Å². The summed E-state index contributed by atoms with van der Waals surface area (Å²) in [5.41, 5.74) is 8.90. The van der Waals surface area contributed by atoms with E-state index in [0.29, 0.717) is 0 Å². The number of thiophene rings is 1. The average molecular weight is 866 g/mol. The molecule has 0 saturated heterocycles. The van der Waals surface area contributed by atoms with E-state index in [1.54, 1.807) is 17.7 Å². The monoisotopic (exact) mass is 866 g/mol. The van der Waals surface area contributed by atoms with Crippen molar-refractivity contribution >= 4 is 38.1 Å². The molecule has 50 heavy (non-hydrogen) atoms. The van der Waals surface area contributed by atoms with Gasteiger partial charge in [0.2, 0.25) is 0 Å². The molecule has 0 aliphatic heterocycles. The van der Waals surface area contributed by atoms with Gasteiger partial charge in [-0.05, 0) is 72.1 Å². The minimum absolute atomic E-state index is 0. The first-order valence-electron chi connectivity index (χ1n) is 18.0. The van der Waals surface area contributed by atoms with Gasteiger partial charge in [-0.25, -0.2) is 4.98 Å². The Kier molecular flexibility index (Phi) is 12.7. The first-order chi connectivity index (χ1) is 23.2. The second-order valence-corrected chi connectivity index (χ2v) is 16.4. The molecule has 1 aliphatic carbocycles. The van der Waals surface area contributed by atoms with Crippen LogP contribution in [0.2, 0.25) is 0 Å². The number of aryl methyl sites for hydroxylation is 1. The van der Waals surface area contributed by atoms with Crippen molar-refractivity contribution in [2.24, 2.45) is 17.3 Å². The van der Waals surface area contributed by atoms with E-state index in [2.05, 4.69) is 96.1 Å². The van der Waals surface area contributed by atoms with Crippen molar-refractivity contribution in [2.45, 2.75) is 107 Å². The van der Waals surface area contributed by atoms with Crippen molar-refractivity contribution in [3.05, 3.63) is 95.0 Å². The molecular formula is C44H53IrN2O2S-. The summed E-state index contributed by atoms with van der Waals surface area (Å²) in [6.07, 6.45) is 7.69. The van der Waals surface area contributed by atoms with Gasteiger partial charge in [-0.1, -0.05) is 115 Å². The van der Waals surface area contributed by atoms with Gasteiger partial charge in [0.25, 0.3) is 0 Å². The van der Waals surface area contributed by atoms with Crippen molar-refractivity contribution in [2.75, 3.05) is 0 Å². The molecule has 6 rings (SSSR count). The Balaban J connectivity index is 0.000000301. The van der Waals surface area contributed by atoms with Gasteiger partial charge in [-0.3, -0.25) is 9.78 Å². The second kappa shape index (κ2) is 16.0. The third-order valence-corrected chi connectivity index (χ3v) is 11.3. The second-order valence-electron chi connectivity index (χ2n) is 15.4. The number of fused-ring (bicyclic) bond motifs is 3. The van der Waals surface area contributed by atoms with Gasteiger partial charge in [-0.15, -0.1) is 34.9 Å². The smallest absolute Gasteiger partial charge is 0.162 e. The Morgan fingerprint density at radius 1 is 0.960 bits per heavy atom. The molecule has 0 spiro atoms. The number of aromatic nitrogens is 2. The molecule has 0 amide bonds. The molecule has 6 heteroatoms. The first-order valence-corrected chi connectivity index (χ1v) is 18.8. The number of rotatable bonds is 9. The van der Waals surface area contributed by atoms with Crippen molar-refractivity contribution in [3.8, 4) is 21.7 Å². The fraction of sp³-hybridized carbons (Fsp3) is 0.432. The molecular weight excluding hydrogens is 813 g/mol. The van der Waals surface area contributed by atoms with Crippen LogP contribution < -0.4 is 0 Å². The molecule has 1 radical (unpaired) electrons. The number of nitrogens with zero attached hydrogens (tertiary/aromatic N) is 2. The Labute approximate surface area is 317 Å². The van der Waals surface area contributed by atoms with Crippen LogP contribution in [-0.2, 0) is 36.7 Å². The zero-order valence-corrected chi connectivity index (χ0v) is 34.7. The quantitative estimate of drug-likeness (QED) is 0.0911. The molecule has 0 unspecified atom stereocenters. The first kappa shape index (κ1) is 39.6. The topological polar surface area (TPSA) is 63.1 Å². The predicted octanol–water partition coefficient (Wildman–Crippen LogP) is 12.4. The predicted molar refractivity (Wildman–Crippen MR) is 209 cm³/mol. The van der Waals surface area contributed by atoms with Crippen LogP contribution in [0.3, 0.4) is 0 Å². The van der Waals surface area contributed by atoms with Gasteiger partial charge in [0.1, 0.15) is 11.2 Å². The summed E-state index contributed by atoms with van der Waals surface area (Å²) in [7, 11) is 0. The summed E-state index contributed by atoms with van der Waals surface area (Å²) in [4.78, 5) is 23.6. The van der Waals surface area contributed by atoms with E-state index >= 15 is 0 Å². The number of carbonyl (C=O) groups is 1. The van der Waals surface area contributed by atoms with Crippen LogP contribution in [0.15, 0.2) is 66.7 Å². The summed E-state index contributed by atoms with van der Waals surface area (Å²) in [6, 6.07) is 21.6. The van der Waals surface area contributed by atoms with Crippen molar-refractivity contribution in [1.82, 2.24) is 9.97 Å². The Morgan fingerprint density at radius 2 is 1.62 bits per heavy atom. The molecule has 0 saturated carbocycles. The third-order valence-electron chi connectivity index (χ3n) is 10.2. The number of ketones is 1. The van der Waals surface area contributed by atoms with E-state index in [1.807, 2.05) is 27.7 Å². The molecule has 2 heterocycles. The van der Waals surface area contributed by atoms with Crippen LogP contribution in [0, 0.1) is 30.2 Å². The number of benzene rings is 3. The summed E-state index contributed by atoms with van der Waals surface area (Å²) in [5, 5.41) is 13.3. The normalized spacial score (nSPS) is 13.6. The van der Waals surface area contributed by atoms with Gasteiger partial charge in [0, 0.05) is 54.0 Å². The van der Waals surface area contributed by atoms with Gasteiger partial charge < -0.3 is 5.11 Å². The maximum atomic E-state index is 11.7. The number of hydrogen-bond donors (Lipinski definition) is 1. The summed E-state index contributed by atoms with van der Waals surface area (Å²) in [5.74, 6) is 0.547. The van der Waals surface area contributed by atoms with Gasteiger partial charge in [0.05, 0.1) is 5.76 Å². The van der Waals surface area contributed by atoms with E-state index in [1.165, 1.54) is 49.5 Å². The Bertz CT molecular complexity index is 2010. The number of carbonyl (C=O) groups excluding carboxylic acids is 1. The van der Waals surface area contributed by atoms with Crippen molar-refractivity contribution in [1.29, 1.82) is 0 Å². The molecule has 4 nitrogen and oxygen atoms in total. The van der Waals surface area contributed by atoms with Gasteiger partial charge in [0.15, 0.2) is 5.78 Å². The molecule has 1 N–H and O–H groups in total. The van der Waals surface area contributed by atoms with Crippen LogP contribution in [0.1, 0.15) is 110 Å². The molecule has 0 bridgehead atoms. The Hall–Kier alpha value is -3.18. The SMILES string of the molecule is CCC(CC)C(=O)/C=C(\O)C(CC)CC.Cc1cc(CC(C)(C)C)ccc1-c1sc2ncnc3c2c1C(C)(C)c1cc2ccccc2[c-]c1-3.[Ir]. The Morgan fingerprint density at radius 3 is 2.24 bits per heavy atom. The van der Waals surface area contributed by atoms with E-state index in [4.69, 9.17) is 9.97 Å². The maximum Gasteiger partial charge on any atom is 0.162 e. The molecule has 1 aliphatic rings. The summed E-state index contributed by atoms with van der Waals surface area (Å²) < 4.78 is 0. The number of allylic oxidation sites excluding steroid dienone is 2. The average Bonchev–Trinajstić information content (AvgIpc) is 3.45. The minimum atomic E-state index is -0.183. The van der Waals surface area contributed by atoms with Crippen molar-refractivity contribution in [3.63, 3.8) is 0 Å². The summed E-state index contributed by atoms with van der Waals surface area (Å²) >= 11 is 1.80. The number of hydrogen-bond acceptors (Lipinski definition) is 5. The summed E-state index contributed by atoms with van der Waals surface area (Å²) in [6.45, 7) is 21.9. The third kappa shape index (κ3) is 7.98. The minimum Gasteiger partial charge on any atom is -0.512 e. The number of aliphatic hydroxyl groups is 1. The van der Waals surface area contributed by atoms with Crippen LogP contribution in [0.4, 0.5) is 0 Å². The van der Waals surface area contributed by atoms with Gasteiger partial charge in [-0.2, -0.15) is 0 Å². The molecule has 5 aromatic rings. The zero-order chi connectivity index (χ0) is 35.7. The molecule has 2 aromatic heterocycles. The fourth-order valence-electron chi connectivity index (χ4n) is 7.37. The van der Waals surface area contributed by atoms with E-state index in [0.717, 1.165) is 53.6 Å². The zero-order valence-electron chi connectivity index (χ0n) is 31.5. The molecule has 0 atom stereocenters. The largest absolute Gasteiger partial charge is 0.512 e. The fourth-order valence-corrected chi connectivity index (χ4v) is 8.76. The van der Waals surface area contributed by atoms with Crippen LogP contribution in [0.5, 0.6) is 0 Å². The molecule has 0 fully saturated rings. The maximum absolute atomic E-state index is 11.7. The van der Waals surface area contributed by atoms with Crippen LogP contribution >= 0.6 is 11.3 Å². The van der Waals surface area contributed by atoms with Crippen LogP contribution in [0.25, 0.3) is 42.7 Å². The standard InChI is InChI=1S/C31H29N2S.C13H24O2.Ir/c1-18-13-19(16-30(2,3)4)11-12-22(18)28-26-25-27(32-17-33-29(25)34-28)23-14-20-9-7-8-10-21(20)15-24(23)31(26,5)6;1-5-10(6-2)12(14)9-13(15)11(7-3)8-4;/h7-13,15,17H,16H2,1-6H3;9-11,14H,5-8H2,1-4H3;/q-1;;/b;12-9-;. The van der Waals surface area contributed by atoms with E-state index in [-0.39, 0.29) is 54.3 Å². The van der Waals surface area contributed by atoms with E-state index < -0.39 is 0 Å². The molecule has 267 valence electrons. The van der Waals surface area contributed by atoms with Crippen LogP contribution in [-0.4, -0.2) is 20.9 Å². The molecule has 3 aromatic carbocycles. The van der Waals surface area contributed by atoms with Gasteiger partial charge >= 0.3 is 0 Å². The van der Waals surface area contributed by atoms with Crippen molar-refractivity contribution < 1.29 is 30.0 Å².